The van der Waals surface area contributed by atoms with Crippen LogP contribution in [-0.2, 0) is 16.4 Å². The van der Waals surface area contributed by atoms with Crippen molar-refractivity contribution in [1.29, 1.82) is 0 Å². The number of nitrogens with two attached hydrogens (primary N) is 1. The number of aromatic nitrogens is 2. The Kier molecular flexibility index (Phi) is 3.72. The number of nitrogens with zero attached hydrogens (tertiary/aromatic N) is 2. The van der Waals surface area contributed by atoms with E-state index in [-0.39, 0.29) is 10.0 Å². The van der Waals surface area contributed by atoms with Gasteiger partial charge in [-0.15, -0.1) is 0 Å². The fraction of sp³-hybridized carbons (Fsp3) is 0.273. The van der Waals surface area contributed by atoms with Crippen molar-refractivity contribution in [1.82, 2.24) is 9.36 Å². The molecule has 0 radical (unpaired) electrons. The molecule has 0 amide bonds. The average molecular weight is 298 g/mol. The smallest absolute Gasteiger partial charge is 0.263 e. The predicted molar refractivity (Wildman–Crippen MR) is 75.7 cm³/mol. The minimum atomic E-state index is -3.67. The lowest BCUT2D eigenvalue weighted by Crippen LogP contribution is -2.13. The summed E-state index contributed by atoms with van der Waals surface area (Å²) in [6.07, 6.45) is 0.759. The molecule has 0 saturated carbocycles. The molecule has 0 spiro atoms. The predicted octanol–water partition coefficient (Wildman–Crippen LogP) is 1.79. The molecule has 6 nitrogen and oxygen atoms in total. The first-order valence-electron chi connectivity index (χ1n) is 5.64. The Balaban J connectivity index is 2.31. The Morgan fingerprint density at radius 2 is 2.16 bits per heavy atom. The molecular formula is C11H14N4O2S2. The second-order valence-electron chi connectivity index (χ2n) is 3.97. The highest BCUT2D eigenvalue weighted by atomic mass is 32.2. The van der Waals surface area contributed by atoms with E-state index in [0.29, 0.717) is 11.5 Å². The van der Waals surface area contributed by atoms with E-state index in [1.807, 2.05) is 6.92 Å². The van der Waals surface area contributed by atoms with E-state index in [1.54, 1.807) is 13.0 Å². The van der Waals surface area contributed by atoms with E-state index < -0.39 is 10.0 Å². The van der Waals surface area contributed by atoms with Crippen LogP contribution in [0.5, 0.6) is 0 Å². The zero-order valence-electron chi connectivity index (χ0n) is 10.5. The third-order valence-electron chi connectivity index (χ3n) is 2.56. The van der Waals surface area contributed by atoms with E-state index >= 15 is 0 Å². The number of benzene rings is 1. The van der Waals surface area contributed by atoms with E-state index in [1.165, 1.54) is 12.1 Å². The molecule has 19 heavy (non-hydrogen) atoms. The second kappa shape index (κ2) is 5.14. The van der Waals surface area contributed by atoms with Gasteiger partial charge in [-0.2, -0.15) is 4.37 Å². The van der Waals surface area contributed by atoms with Crippen LogP contribution >= 0.6 is 11.5 Å². The summed E-state index contributed by atoms with van der Waals surface area (Å²) in [7, 11) is -3.67. The molecular weight excluding hydrogens is 284 g/mol. The SMILES string of the molecule is CCc1ccc(S(=O)(=O)Nc2nc(C)ns2)cc1N. The molecule has 0 aliphatic carbocycles. The maximum atomic E-state index is 12.1. The normalized spacial score (nSPS) is 11.5. The van der Waals surface area contributed by atoms with Gasteiger partial charge in [0.15, 0.2) is 0 Å². The molecule has 102 valence electrons. The molecule has 1 heterocycles. The van der Waals surface area contributed by atoms with Gasteiger partial charge >= 0.3 is 0 Å². The molecule has 2 rings (SSSR count). The Labute approximate surface area is 115 Å². The molecule has 2 aromatic rings. The first-order valence-corrected chi connectivity index (χ1v) is 7.89. The number of hydrogen-bond donors (Lipinski definition) is 2. The van der Waals surface area contributed by atoms with Crippen molar-refractivity contribution in [2.45, 2.75) is 25.2 Å². The van der Waals surface area contributed by atoms with Gasteiger partial charge < -0.3 is 5.73 Å². The molecule has 3 N–H and O–H groups in total. The van der Waals surface area contributed by atoms with E-state index in [9.17, 15) is 8.42 Å². The van der Waals surface area contributed by atoms with Crippen LogP contribution in [0.2, 0.25) is 0 Å². The van der Waals surface area contributed by atoms with Crippen LogP contribution in [-0.4, -0.2) is 17.8 Å². The molecule has 0 saturated heterocycles. The summed E-state index contributed by atoms with van der Waals surface area (Å²) < 4.78 is 30.6. The van der Waals surface area contributed by atoms with Crippen LogP contribution in [0.25, 0.3) is 0 Å². The van der Waals surface area contributed by atoms with Crippen LogP contribution in [0, 0.1) is 6.92 Å². The minimum Gasteiger partial charge on any atom is -0.398 e. The van der Waals surface area contributed by atoms with Crippen molar-refractivity contribution in [3.05, 3.63) is 29.6 Å². The molecule has 1 aromatic heterocycles. The molecule has 0 atom stereocenters. The fourth-order valence-electron chi connectivity index (χ4n) is 1.57. The molecule has 0 unspecified atom stereocenters. The number of sulfonamides is 1. The van der Waals surface area contributed by atoms with Gasteiger partial charge in [-0.1, -0.05) is 13.0 Å². The van der Waals surface area contributed by atoms with Crippen LogP contribution in [0.1, 0.15) is 18.3 Å². The van der Waals surface area contributed by atoms with Gasteiger partial charge in [-0.05, 0) is 31.0 Å². The lowest BCUT2D eigenvalue weighted by molar-refractivity contribution is 0.601. The van der Waals surface area contributed by atoms with Gasteiger partial charge in [0.25, 0.3) is 10.0 Å². The number of hydrogen-bond acceptors (Lipinski definition) is 6. The monoisotopic (exact) mass is 298 g/mol. The van der Waals surface area contributed by atoms with Gasteiger partial charge in [-0.25, -0.2) is 13.4 Å². The molecule has 0 aliphatic rings. The average Bonchev–Trinajstić information content (AvgIpc) is 2.73. The second-order valence-corrected chi connectivity index (χ2v) is 6.40. The Hall–Kier alpha value is -1.67. The molecule has 1 aromatic carbocycles. The third kappa shape index (κ3) is 3.02. The van der Waals surface area contributed by atoms with E-state index in [4.69, 9.17) is 5.73 Å². The highest BCUT2D eigenvalue weighted by molar-refractivity contribution is 7.93. The van der Waals surface area contributed by atoms with Gasteiger partial charge in [0.2, 0.25) is 5.13 Å². The summed E-state index contributed by atoms with van der Waals surface area (Å²) in [5.41, 5.74) is 7.20. The zero-order chi connectivity index (χ0) is 14.0. The topological polar surface area (TPSA) is 98.0 Å². The molecule has 0 fully saturated rings. The maximum Gasteiger partial charge on any atom is 0.263 e. The summed E-state index contributed by atoms with van der Waals surface area (Å²) in [6, 6.07) is 4.70. The molecule has 8 heteroatoms. The molecule has 0 bridgehead atoms. The summed E-state index contributed by atoms with van der Waals surface area (Å²) in [5, 5.41) is 0.246. The van der Waals surface area contributed by atoms with Crippen LogP contribution in [0.4, 0.5) is 10.8 Å². The third-order valence-corrected chi connectivity index (χ3v) is 4.75. The zero-order valence-corrected chi connectivity index (χ0v) is 12.2. The van der Waals surface area contributed by atoms with Crippen LogP contribution in [0.3, 0.4) is 0 Å². The standard InChI is InChI=1S/C11H14N4O2S2/c1-3-8-4-5-9(6-10(8)12)19(16,17)15-11-13-7(2)14-18-11/h4-6H,3,12H2,1-2H3,(H,13,14,15). The number of nitrogens with one attached hydrogen (secondary N) is 1. The van der Waals surface area contributed by atoms with Crippen LogP contribution < -0.4 is 10.5 Å². The van der Waals surface area contributed by atoms with Crippen molar-refractivity contribution in [3.63, 3.8) is 0 Å². The highest BCUT2D eigenvalue weighted by Crippen LogP contribution is 2.21. The number of rotatable bonds is 4. The largest absolute Gasteiger partial charge is 0.398 e. The number of nitrogen functional groups attached to an aromatic ring is 1. The van der Waals surface area contributed by atoms with Crippen molar-refractivity contribution in [3.8, 4) is 0 Å². The van der Waals surface area contributed by atoms with E-state index in [0.717, 1.165) is 23.5 Å². The first-order chi connectivity index (χ1) is 8.92. The summed E-state index contributed by atoms with van der Waals surface area (Å²) >= 11 is 1.00. The Morgan fingerprint density at radius 3 is 2.68 bits per heavy atom. The van der Waals surface area contributed by atoms with E-state index in [2.05, 4.69) is 14.1 Å². The maximum absolute atomic E-state index is 12.1. The van der Waals surface area contributed by atoms with Crippen molar-refractivity contribution < 1.29 is 8.42 Å². The first kappa shape index (κ1) is 13.8. The van der Waals surface area contributed by atoms with Gasteiger partial charge in [0, 0.05) is 17.2 Å². The quantitative estimate of drug-likeness (QED) is 0.839. The Bertz CT molecular complexity index is 694. The van der Waals surface area contributed by atoms with Gasteiger partial charge in [0.05, 0.1) is 4.90 Å². The lowest BCUT2D eigenvalue weighted by Gasteiger charge is -2.08. The molecule has 0 aliphatic heterocycles. The van der Waals surface area contributed by atoms with Crippen LogP contribution in [0.15, 0.2) is 23.1 Å². The number of aryl methyl sites for hydroxylation is 2. The lowest BCUT2D eigenvalue weighted by atomic mass is 10.1. The van der Waals surface area contributed by atoms with Crippen molar-refractivity contribution in [2.75, 3.05) is 10.5 Å². The summed E-state index contributed by atoms with van der Waals surface area (Å²) in [6.45, 7) is 3.66. The van der Waals surface area contributed by atoms with Gasteiger partial charge in [-0.3, -0.25) is 4.72 Å². The van der Waals surface area contributed by atoms with Gasteiger partial charge in [0.1, 0.15) is 5.82 Å². The minimum absolute atomic E-state index is 0.120. The van der Waals surface area contributed by atoms with Crippen molar-refractivity contribution >= 4 is 32.4 Å². The highest BCUT2D eigenvalue weighted by Gasteiger charge is 2.17. The summed E-state index contributed by atoms with van der Waals surface area (Å²) in [4.78, 5) is 4.08. The Morgan fingerprint density at radius 1 is 1.42 bits per heavy atom. The fourth-order valence-corrected chi connectivity index (χ4v) is 3.41. The summed E-state index contributed by atoms with van der Waals surface area (Å²) in [5.74, 6) is 0.531. The number of anilines is 2. The van der Waals surface area contributed by atoms with Crippen molar-refractivity contribution in [2.24, 2.45) is 0 Å².